The third-order valence-electron chi connectivity index (χ3n) is 3.01. The number of aliphatic carboxylic acids is 1. The molecule has 1 aromatic rings. The summed E-state index contributed by atoms with van der Waals surface area (Å²) in [7, 11) is 1.98. The quantitative estimate of drug-likeness (QED) is 0.792. The molecule has 1 aliphatic heterocycles. The van der Waals surface area contributed by atoms with Gasteiger partial charge in [0.25, 0.3) is 0 Å². The summed E-state index contributed by atoms with van der Waals surface area (Å²) >= 11 is 0. The predicted molar refractivity (Wildman–Crippen MR) is 61.0 cm³/mol. The summed E-state index contributed by atoms with van der Waals surface area (Å²) in [4.78, 5) is 12.7. The Bertz CT molecular complexity index is 429. The maximum absolute atomic E-state index is 10.6. The lowest BCUT2D eigenvalue weighted by Crippen LogP contribution is -2.24. The molecule has 0 aromatic heterocycles. The number of benzene rings is 1. The Kier molecular flexibility index (Phi) is 2.73. The number of nitrogens with zero attached hydrogens (tertiary/aromatic N) is 1. The zero-order chi connectivity index (χ0) is 11.7. The highest BCUT2D eigenvalue weighted by molar-refractivity contribution is 5.73. The second kappa shape index (κ2) is 4.04. The third-order valence-corrected chi connectivity index (χ3v) is 3.01. The molecule has 0 saturated heterocycles. The zero-order valence-corrected chi connectivity index (χ0v) is 9.23. The smallest absolute Gasteiger partial charge is 0.307 e. The molecule has 0 radical (unpaired) electrons. The number of phenolic OH excluding ortho intramolecular Hbond substituents is 1. The van der Waals surface area contributed by atoms with Gasteiger partial charge in [0.2, 0.25) is 0 Å². The molecule has 1 aliphatic rings. The molecule has 86 valence electrons. The monoisotopic (exact) mass is 221 g/mol. The molecule has 4 nitrogen and oxygen atoms in total. The highest BCUT2D eigenvalue weighted by Gasteiger charge is 2.19. The number of anilines is 1. The van der Waals surface area contributed by atoms with Crippen molar-refractivity contribution < 1.29 is 15.0 Å². The van der Waals surface area contributed by atoms with Crippen LogP contribution in [0.15, 0.2) is 12.1 Å². The molecule has 0 atom stereocenters. The maximum Gasteiger partial charge on any atom is 0.307 e. The van der Waals surface area contributed by atoms with Gasteiger partial charge in [0.15, 0.2) is 0 Å². The summed E-state index contributed by atoms with van der Waals surface area (Å²) in [6.45, 7) is 0.977. The van der Waals surface area contributed by atoms with Crippen LogP contribution in [0, 0.1) is 0 Å². The first-order chi connectivity index (χ1) is 7.59. The Morgan fingerprint density at radius 3 is 2.94 bits per heavy atom. The van der Waals surface area contributed by atoms with Crippen molar-refractivity contribution in [3.63, 3.8) is 0 Å². The van der Waals surface area contributed by atoms with Gasteiger partial charge < -0.3 is 15.1 Å². The number of phenols is 1. The van der Waals surface area contributed by atoms with Crippen molar-refractivity contribution in [2.45, 2.75) is 19.3 Å². The summed E-state index contributed by atoms with van der Waals surface area (Å²) in [6.07, 6.45) is 1.69. The number of carboxylic acid groups (broad SMARTS) is 1. The molecule has 0 aliphatic carbocycles. The number of carbonyl (C=O) groups is 1. The van der Waals surface area contributed by atoms with Crippen LogP contribution in [-0.2, 0) is 17.6 Å². The number of fused-ring (bicyclic) bond motifs is 1. The van der Waals surface area contributed by atoms with E-state index in [2.05, 4.69) is 4.90 Å². The fourth-order valence-electron chi connectivity index (χ4n) is 2.20. The maximum atomic E-state index is 10.6. The molecule has 16 heavy (non-hydrogen) atoms. The van der Waals surface area contributed by atoms with Gasteiger partial charge in [-0.05, 0) is 18.9 Å². The van der Waals surface area contributed by atoms with Crippen LogP contribution in [0.4, 0.5) is 5.69 Å². The van der Waals surface area contributed by atoms with Gasteiger partial charge in [-0.3, -0.25) is 4.79 Å². The summed E-state index contributed by atoms with van der Waals surface area (Å²) in [5.41, 5.74) is 2.40. The first-order valence-electron chi connectivity index (χ1n) is 5.36. The van der Waals surface area contributed by atoms with Crippen molar-refractivity contribution in [3.8, 4) is 5.75 Å². The molecule has 1 heterocycles. The lowest BCUT2D eigenvalue weighted by Gasteiger charge is -2.28. The van der Waals surface area contributed by atoms with E-state index in [1.54, 1.807) is 6.07 Å². The Balaban J connectivity index is 2.42. The van der Waals surface area contributed by atoms with Crippen LogP contribution in [0.5, 0.6) is 5.75 Å². The van der Waals surface area contributed by atoms with Gasteiger partial charge in [0, 0.05) is 30.4 Å². The molecular weight excluding hydrogens is 206 g/mol. The highest BCUT2D eigenvalue weighted by atomic mass is 16.4. The molecule has 0 spiro atoms. The van der Waals surface area contributed by atoms with Crippen LogP contribution in [-0.4, -0.2) is 29.8 Å². The summed E-state index contributed by atoms with van der Waals surface area (Å²) < 4.78 is 0. The van der Waals surface area contributed by atoms with Gasteiger partial charge >= 0.3 is 5.97 Å². The van der Waals surface area contributed by atoms with Crippen molar-refractivity contribution in [1.82, 2.24) is 0 Å². The van der Waals surface area contributed by atoms with E-state index >= 15 is 0 Å². The molecule has 0 amide bonds. The molecule has 0 fully saturated rings. The van der Waals surface area contributed by atoms with Crippen molar-refractivity contribution in [1.29, 1.82) is 0 Å². The predicted octanol–water partition coefficient (Wildman–Crippen LogP) is 1.40. The lowest BCUT2D eigenvalue weighted by molar-refractivity contribution is -0.136. The van der Waals surface area contributed by atoms with Crippen LogP contribution in [0.1, 0.15) is 17.5 Å². The first-order valence-corrected chi connectivity index (χ1v) is 5.36. The average Bonchev–Trinajstić information content (AvgIpc) is 2.23. The minimum absolute atomic E-state index is 0.122. The normalized spacial score (nSPS) is 14.7. The van der Waals surface area contributed by atoms with Crippen molar-refractivity contribution >= 4 is 11.7 Å². The minimum atomic E-state index is -0.917. The van der Waals surface area contributed by atoms with E-state index in [0.29, 0.717) is 5.56 Å². The van der Waals surface area contributed by atoms with Crippen molar-refractivity contribution in [3.05, 3.63) is 23.3 Å². The van der Waals surface area contributed by atoms with Gasteiger partial charge in [0.1, 0.15) is 5.75 Å². The number of carboxylic acids is 1. The zero-order valence-electron chi connectivity index (χ0n) is 9.23. The van der Waals surface area contributed by atoms with E-state index in [0.717, 1.165) is 30.6 Å². The number of rotatable bonds is 2. The molecule has 2 rings (SSSR count). The van der Waals surface area contributed by atoms with Gasteiger partial charge in [-0.2, -0.15) is 0 Å². The topological polar surface area (TPSA) is 60.8 Å². The largest absolute Gasteiger partial charge is 0.507 e. The van der Waals surface area contributed by atoms with Crippen LogP contribution >= 0.6 is 0 Å². The first kappa shape index (κ1) is 10.8. The van der Waals surface area contributed by atoms with Crippen molar-refractivity contribution in [2.75, 3.05) is 18.5 Å². The lowest BCUT2D eigenvalue weighted by atomic mass is 9.97. The Hall–Kier alpha value is -1.71. The van der Waals surface area contributed by atoms with E-state index in [1.165, 1.54) is 0 Å². The SMILES string of the molecule is CN1CCCc2c1ccc(CC(=O)O)c2O. The van der Waals surface area contributed by atoms with Crippen molar-refractivity contribution in [2.24, 2.45) is 0 Å². The number of hydrogen-bond acceptors (Lipinski definition) is 3. The van der Waals surface area contributed by atoms with E-state index in [1.807, 2.05) is 13.1 Å². The fourth-order valence-corrected chi connectivity index (χ4v) is 2.20. The van der Waals surface area contributed by atoms with E-state index in [-0.39, 0.29) is 12.2 Å². The van der Waals surface area contributed by atoms with E-state index < -0.39 is 5.97 Å². The second-order valence-corrected chi connectivity index (χ2v) is 4.17. The second-order valence-electron chi connectivity index (χ2n) is 4.17. The third kappa shape index (κ3) is 1.83. The Morgan fingerprint density at radius 1 is 1.50 bits per heavy atom. The number of aromatic hydroxyl groups is 1. The molecule has 0 bridgehead atoms. The van der Waals surface area contributed by atoms with Crippen LogP contribution in [0.3, 0.4) is 0 Å². The Labute approximate surface area is 94.1 Å². The molecule has 2 N–H and O–H groups in total. The molecule has 0 unspecified atom stereocenters. The summed E-state index contributed by atoms with van der Waals surface area (Å²) in [5.74, 6) is -0.758. The summed E-state index contributed by atoms with van der Waals surface area (Å²) in [5, 5.41) is 18.7. The Morgan fingerprint density at radius 2 is 2.25 bits per heavy atom. The van der Waals surface area contributed by atoms with Crippen LogP contribution in [0.2, 0.25) is 0 Å². The fraction of sp³-hybridized carbons (Fsp3) is 0.417. The molecule has 1 aromatic carbocycles. The van der Waals surface area contributed by atoms with Gasteiger partial charge in [-0.15, -0.1) is 0 Å². The standard InChI is InChI=1S/C12H15NO3/c1-13-6-2-3-9-10(13)5-4-8(12(9)16)7-11(14)15/h4-5,16H,2-3,6-7H2,1H3,(H,14,15). The molecule has 4 heteroatoms. The summed E-state index contributed by atoms with van der Waals surface area (Å²) in [6, 6.07) is 3.59. The molecule has 0 saturated carbocycles. The van der Waals surface area contributed by atoms with E-state index in [9.17, 15) is 9.90 Å². The van der Waals surface area contributed by atoms with Crippen LogP contribution in [0.25, 0.3) is 0 Å². The van der Waals surface area contributed by atoms with Gasteiger partial charge in [-0.1, -0.05) is 6.07 Å². The van der Waals surface area contributed by atoms with E-state index in [4.69, 9.17) is 5.11 Å². The van der Waals surface area contributed by atoms with Gasteiger partial charge in [0.05, 0.1) is 6.42 Å². The highest BCUT2D eigenvalue weighted by Crippen LogP contribution is 2.35. The van der Waals surface area contributed by atoms with Gasteiger partial charge in [-0.25, -0.2) is 0 Å². The minimum Gasteiger partial charge on any atom is -0.507 e. The average molecular weight is 221 g/mol. The molecular formula is C12H15NO3. The number of hydrogen-bond donors (Lipinski definition) is 2. The van der Waals surface area contributed by atoms with Crippen LogP contribution < -0.4 is 4.90 Å².